The second kappa shape index (κ2) is 9.35. The van der Waals surface area contributed by atoms with E-state index < -0.39 is 0 Å². The Hall–Kier alpha value is -1.48. The van der Waals surface area contributed by atoms with Crippen molar-refractivity contribution in [1.29, 1.82) is 0 Å². The molecule has 0 radical (unpaired) electrons. The molecule has 1 aliphatic heterocycles. The van der Waals surface area contributed by atoms with Crippen molar-refractivity contribution < 1.29 is 9.21 Å². The molecule has 1 saturated heterocycles. The number of furan rings is 1. The lowest BCUT2D eigenvalue weighted by atomic mass is 10.2. The summed E-state index contributed by atoms with van der Waals surface area (Å²) in [6.07, 6.45) is 1.88. The van der Waals surface area contributed by atoms with Crippen LogP contribution in [-0.4, -0.2) is 44.7 Å². The van der Waals surface area contributed by atoms with Gasteiger partial charge in [0.25, 0.3) is 0 Å². The van der Waals surface area contributed by atoms with E-state index >= 15 is 0 Å². The van der Waals surface area contributed by atoms with Gasteiger partial charge in [-0.25, -0.2) is 0 Å². The van der Waals surface area contributed by atoms with Crippen molar-refractivity contribution >= 4 is 73.4 Å². The Bertz CT molecular complexity index is 933. The van der Waals surface area contributed by atoms with E-state index in [2.05, 4.69) is 15.9 Å². The van der Waals surface area contributed by atoms with Gasteiger partial charge < -0.3 is 14.2 Å². The number of amides is 1. The molecule has 0 saturated carbocycles. The van der Waals surface area contributed by atoms with Gasteiger partial charge in [0.2, 0.25) is 5.91 Å². The van der Waals surface area contributed by atoms with Crippen LogP contribution in [0.5, 0.6) is 0 Å². The van der Waals surface area contributed by atoms with E-state index in [4.69, 9.17) is 28.9 Å². The molecule has 4 nitrogen and oxygen atoms in total. The Morgan fingerprint density at radius 2 is 1.86 bits per heavy atom. The first-order valence-electron chi connectivity index (χ1n) is 8.81. The van der Waals surface area contributed by atoms with Gasteiger partial charge in [0.05, 0.1) is 4.91 Å². The zero-order valence-electron chi connectivity index (χ0n) is 15.5. The minimum atomic E-state index is 0.0204. The quantitative estimate of drug-likeness (QED) is 0.385. The fourth-order valence-corrected chi connectivity index (χ4v) is 4.75. The first-order chi connectivity index (χ1) is 13.4. The van der Waals surface area contributed by atoms with Crippen molar-refractivity contribution in [3.8, 4) is 11.3 Å². The normalized spacial score (nSPS) is 15.5. The molecule has 28 heavy (non-hydrogen) atoms. The first-order valence-corrected chi connectivity index (χ1v) is 11.2. The average Bonchev–Trinajstić information content (AvgIpc) is 3.24. The van der Waals surface area contributed by atoms with E-state index in [0.29, 0.717) is 28.2 Å². The van der Waals surface area contributed by atoms with E-state index in [1.54, 1.807) is 9.80 Å². The minimum Gasteiger partial charge on any atom is -0.457 e. The number of thioether (sulfide) groups is 1. The lowest BCUT2D eigenvalue weighted by Gasteiger charge is -2.23. The van der Waals surface area contributed by atoms with Gasteiger partial charge in [-0.3, -0.25) is 4.79 Å². The number of thiocarbonyl (C=S) groups is 2. The standard InChI is InChI=1S/C20H19BrN2O2S3/c1-3-22(4-2)18(24)12-23-19(26)17(28-20(23)27)11-15-9-10-16(25-15)13-5-7-14(21)8-6-13/h5-11H,3-4,12H2,1-2H3/b17-11-. The van der Waals surface area contributed by atoms with Gasteiger partial charge in [-0.1, -0.05) is 64.3 Å². The Kier molecular flexibility index (Phi) is 7.09. The topological polar surface area (TPSA) is 36.7 Å². The third kappa shape index (κ3) is 4.74. The number of likely N-dealkylation sites (N-methyl/N-ethyl adjacent to an activating group) is 1. The van der Waals surface area contributed by atoms with Gasteiger partial charge in [0, 0.05) is 23.1 Å². The molecule has 1 amide bonds. The summed E-state index contributed by atoms with van der Waals surface area (Å²) in [6.45, 7) is 5.43. The maximum absolute atomic E-state index is 12.4. The molecule has 2 heterocycles. The van der Waals surface area contributed by atoms with Crippen LogP contribution in [-0.2, 0) is 4.79 Å². The highest BCUT2D eigenvalue weighted by molar-refractivity contribution is 9.10. The third-order valence-electron chi connectivity index (χ3n) is 4.31. The van der Waals surface area contributed by atoms with E-state index in [9.17, 15) is 4.79 Å². The minimum absolute atomic E-state index is 0.0204. The second-order valence-corrected chi connectivity index (χ2v) is 9.02. The van der Waals surface area contributed by atoms with Gasteiger partial charge in [0.1, 0.15) is 27.4 Å². The molecular weight excluding hydrogens is 476 g/mol. The van der Waals surface area contributed by atoms with Crippen LogP contribution in [0.2, 0.25) is 0 Å². The molecule has 0 bridgehead atoms. The molecular formula is C20H19BrN2O2S3. The molecule has 8 heteroatoms. The van der Waals surface area contributed by atoms with Crippen LogP contribution < -0.4 is 0 Å². The highest BCUT2D eigenvalue weighted by Crippen LogP contribution is 2.34. The first kappa shape index (κ1) is 21.2. The molecule has 1 aliphatic rings. The average molecular weight is 495 g/mol. The van der Waals surface area contributed by atoms with Gasteiger partial charge in [-0.2, -0.15) is 0 Å². The molecule has 3 rings (SSSR count). The largest absolute Gasteiger partial charge is 0.457 e. The predicted octanol–water partition coefficient (Wildman–Crippen LogP) is 5.58. The molecule has 1 aromatic carbocycles. The number of benzene rings is 1. The fourth-order valence-electron chi connectivity index (χ4n) is 2.78. The lowest BCUT2D eigenvalue weighted by Crippen LogP contribution is -2.41. The number of carbonyl (C=O) groups is 1. The molecule has 0 aliphatic carbocycles. The molecule has 146 valence electrons. The van der Waals surface area contributed by atoms with Gasteiger partial charge in [-0.05, 0) is 44.2 Å². The molecule has 2 aromatic rings. The lowest BCUT2D eigenvalue weighted by molar-refractivity contribution is -0.130. The van der Waals surface area contributed by atoms with Crippen molar-refractivity contribution in [3.63, 3.8) is 0 Å². The Balaban J connectivity index is 1.75. The summed E-state index contributed by atoms with van der Waals surface area (Å²) < 4.78 is 7.56. The molecule has 0 N–H and O–H groups in total. The highest BCUT2D eigenvalue weighted by atomic mass is 79.9. The Morgan fingerprint density at radius 1 is 1.18 bits per heavy atom. The van der Waals surface area contributed by atoms with Crippen molar-refractivity contribution in [3.05, 3.63) is 51.5 Å². The number of nitrogens with zero attached hydrogens (tertiary/aromatic N) is 2. The Morgan fingerprint density at radius 3 is 2.50 bits per heavy atom. The third-order valence-corrected chi connectivity index (χ3v) is 6.81. The molecule has 1 aromatic heterocycles. The summed E-state index contributed by atoms with van der Waals surface area (Å²) in [5.41, 5.74) is 0.997. The summed E-state index contributed by atoms with van der Waals surface area (Å²) in [5, 5.41) is 0. The number of halogens is 1. The zero-order chi connectivity index (χ0) is 20.3. The molecule has 0 unspecified atom stereocenters. The van der Waals surface area contributed by atoms with Gasteiger partial charge in [-0.15, -0.1) is 0 Å². The van der Waals surface area contributed by atoms with Crippen molar-refractivity contribution in [2.24, 2.45) is 0 Å². The van der Waals surface area contributed by atoms with Gasteiger partial charge in [0.15, 0.2) is 0 Å². The van der Waals surface area contributed by atoms with Crippen LogP contribution in [0.15, 0.2) is 50.2 Å². The second-order valence-electron chi connectivity index (χ2n) is 6.04. The number of rotatable bonds is 6. The van der Waals surface area contributed by atoms with Crippen molar-refractivity contribution in [2.75, 3.05) is 19.6 Å². The maximum atomic E-state index is 12.4. The predicted molar refractivity (Wildman–Crippen MR) is 127 cm³/mol. The monoisotopic (exact) mass is 494 g/mol. The van der Waals surface area contributed by atoms with E-state index in [1.165, 1.54) is 11.8 Å². The van der Waals surface area contributed by atoms with Crippen molar-refractivity contribution in [2.45, 2.75) is 13.8 Å². The summed E-state index contributed by atoms with van der Waals surface area (Å²) in [7, 11) is 0. The molecule has 0 spiro atoms. The summed E-state index contributed by atoms with van der Waals surface area (Å²) >= 11 is 15.8. The fraction of sp³-hybridized carbons (Fsp3) is 0.250. The Labute approximate surface area is 188 Å². The maximum Gasteiger partial charge on any atom is 0.242 e. The van der Waals surface area contributed by atoms with E-state index in [1.807, 2.05) is 56.3 Å². The number of hydrogen-bond acceptors (Lipinski definition) is 5. The summed E-state index contributed by atoms with van der Waals surface area (Å²) in [5.74, 6) is 1.50. The van der Waals surface area contributed by atoms with E-state index in [-0.39, 0.29) is 12.5 Å². The number of hydrogen-bond donors (Lipinski definition) is 0. The van der Waals surface area contributed by atoms with Crippen LogP contribution >= 0.6 is 52.1 Å². The van der Waals surface area contributed by atoms with Crippen LogP contribution in [0.3, 0.4) is 0 Å². The van der Waals surface area contributed by atoms with Crippen LogP contribution in [0.1, 0.15) is 19.6 Å². The van der Waals surface area contributed by atoms with Crippen LogP contribution in [0.4, 0.5) is 0 Å². The highest BCUT2D eigenvalue weighted by Gasteiger charge is 2.31. The summed E-state index contributed by atoms with van der Waals surface area (Å²) in [6, 6.07) is 11.8. The van der Waals surface area contributed by atoms with Crippen LogP contribution in [0, 0.1) is 0 Å². The molecule has 1 fully saturated rings. The smallest absolute Gasteiger partial charge is 0.242 e. The SMILES string of the molecule is CCN(CC)C(=O)CN1C(=S)S/C(=C\c2ccc(-c3ccc(Br)cc3)o2)C1=S. The van der Waals surface area contributed by atoms with Crippen LogP contribution in [0.25, 0.3) is 17.4 Å². The van der Waals surface area contributed by atoms with E-state index in [0.717, 1.165) is 20.7 Å². The number of carbonyl (C=O) groups excluding carboxylic acids is 1. The van der Waals surface area contributed by atoms with Gasteiger partial charge >= 0.3 is 0 Å². The molecule has 0 atom stereocenters. The van der Waals surface area contributed by atoms with Crippen molar-refractivity contribution in [1.82, 2.24) is 9.80 Å². The summed E-state index contributed by atoms with van der Waals surface area (Å²) in [4.78, 5) is 17.3. The zero-order valence-corrected chi connectivity index (χ0v) is 19.5.